The number of ether oxygens (including phenoxy) is 1. The number of benzene rings is 1. The highest BCUT2D eigenvalue weighted by Crippen LogP contribution is 2.29. The fourth-order valence-corrected chi connectivity index (χ4v) is 1.82. The van der Waals surface area contributed by atoms with Crippen LogP contribution < -0.4 is 10.1 Å². The standard InChI is InChI=1S/C13H13ClN2O2/c1-8-3-4-15-13-10(8)5-9(18-2)6-11(13)16-12(17)7-14/h3-6H,7H2,1-2H3,(H,16,17). The molecule has 0 saturated heterocycles. The zero-order valence-electron chi connectivity index (χ0n) is 10.2. The van der Waals surface area contributed by atoms with Gasteiger partial charge in [-0.2, -0.15) is 0 Å². The number of carbonyl (C=O) groups is 1. The number of nitrogens with one attached hydrogen (secondary N) is 1. The number of hydrogen-bond acceptors (Lipinski definition) is 3. The SMILES string of the molecule is COc1cc(NC(=O)CCl)c2nccc(C)c2c1. The molecule has 1 aromatic heterocycles. The highest BCUT2D eigenvalue weighted by molar-refractivity contribution is 6.29. The molecule has 18 heavy (non-hydrogen) atoms. The van der Waals surface area contributed by atoms with Crippen LogP contribution >= 0.6 is 11.6 Å². The Morgan fingerprint density at radius 2 is 2.28 bits per heavy atom. The zero-order valence-corrected chi connectivity index (χ0v) is 10.9. The van der Waals surface area contributed by atoms with E-state index in [9.17, 15) is 4.79 Å². The van der Waals surface area contributed by atoms with Gasteiger partial charge in [0, 0.05) is 17.6 Å². The molecule has 0 atom stereocenters. The van der Waals surface area contributed by atoms with Crippen molar-refractivity contribution in [2.75, 3.05) is 18.3 Å². The topological polar surface area (TPSA) is 51.2 Å². The number of fused-ring (bicyclic) bond motifs is 1. The minimum atomic E-state index is -0.269. The Kier molecular flexibility index (Phi) is 3.67. The van der Waals surface area contributed by atoms with Gasteiger partial charge in [0.2, 0.25) is 5.91 Å². The largest absolute Gasteiger partial charge is 0.497 e. The summed E-state index contributed by atoms with van der Waals surface area (Å²) < 4.78 is 5.22. The molecule has 1 amide bonds. The quantitative estimate of drug-likeness (QED) is 0.868. The van der Waals surface area contributed by atoms with E-state index in [1.165, 1.54) is 0 Å². The molecule has 0 aliphatic carbocycles. The molecule has 0 bridgehead atoms. The van der Waals surface area contributed by atoms with Gasteiger partial charge < -0.3 is 10.1 Å². The average molecular weight is 265 g/mol. The summed E-state index contributed by atoms with van der Waals surface area (Å²) in [6.07, 6.45) is 1.71. The number of methoxy groups -OCH3 is 1. The van der Waals surface area contributed by atoms with Crippen LogP contribution in [-0.2, 0) is 4.79 Å². The predicted molar refractivity (Wildman–Crippen MR) is 72.4 cm³/mol. The summed E-state index contributed by atoms with van der Waals surface area (Å²) in [6, 6.07) is 5.54. The van der Waals surface area contributed by atoms with Crippen molar-refractivity contribution in [1.82, 2.24) is 4.98 Å². The number of carbonyl (C=O) groups excluding carboxylic acids is 1. The number of halogens is 1. The molecule has 0 unspecified atom stereocenters. The van der Waals surface area contributed by atoms with Gasteiger partial charge >= 0.3 is 0 Å². The van der Waals surface area contributed by atoms with E-state index in [1.807, 2.05) is 19.1 Å². The molecule has 1 N–H and O–H groups in total. The van der Waals surface area contributed by atoms with Crippen LogP contribution in [0.4, 0.5) is 5.69 Å². The summed E-state index contributed by atoms with van der Waals surface area (Å²) in [5.74, 6) is 0.308. The lowest BCUT2D eigenvalue weighted by Crippen LogP contribution is -2.13. The zero-order chi connectivity index (χ0) is 13.1. The van der Waals surface area contributed by atoms with Crippen LogP contribution in [-0.4, -0.2) is 23.9 Å². The summed E-state index contributed by atoms with van der Waals surface area (Å²) in [5.41, 5.74) is 2.41. The van der Waals surface area contributed by atoms with Gasteiger partial charge in [-0.3, -0.25) is 9.78 Å². The van der Waals surface area contributed by atoms with Gasteiger partial charge in [0.1, 0.15) is 11.6 Å². The molecule has 0 spiro atoms. The number of alkyl halides is 1. The number of aryl methyl sites for hydroxylation is 1. The third-order valence-electron chi connectivity index (χ3n) is 2.67. The Bertz CT molecular complexity index is 599. The minimum absolute atomic E-state index is 0.0927. The summed E-state index contributed by atoms with van der Waals surface area (Å²) in [5, 5.41) is 3.67. The molecule has 4 nitrogen and oxygen atoms in total. The summed E-state index contributed by atoms with van der Waals surface area (Å²) in [4.78, 5) is 15.7. The smallest absolute Gasteiger partial charge is 0.239 e. The summed E-state index contributed by atoms with van der Waals surface area (Å²) in [6.45, 7) is 1.98. The van der Waals surface area contributed by atoms with Crippen molar-refractivity contribution in [3.05, 3.63) is 30.0 Å². The van der Waals surface area contributed by atoms with Crippen LogP contribution in [0.15, 0.2) is 24.4 Å². The van der Waals surface area contributed by atoms with Crippen molar-refractivity contribution < 1.29 is 9.53 Å². The number of aromatic nitrogens is 1. The molecule has 94 valence electrons. The number of nitrogens with zero attached hydrogens (tertiary/aromatic N) is 1. The second-order valence-electron chi connectivity index (χ2n) is 3.88. The van der Waals surface area contributed by atoms with Crippen molar-refractivity contribution in [2.45, 2.75) is 6.92 Å². The first-order valence-corrected chi connectivity index (χ1v) is 5.98. The molecule has 0 fully saturated rings. The lowest BCUT2D eigenvalue weighted by molar-refractivity contribution is -0.113. The van der Waals surface area contributed by atoms with Gasteiger partial charge in [0.25, 0.3) is 0 Å². The third kappa shape index (κ3) is 2.38. The van der Waals surface area contributed by atoms with Gasteiger partial charge in [-0.1, -0.05) is 0 Å². The summed E-state index contributed by atoms with van der Waals surface area (Å²) in [7, 11) is 1.58. The Morgan fingerprint density at radius 3 is 2.94 bits per heavy atom. The lowest BCUT2D eigenvalue weighted by atomic mass is 10.1. The molecule has 0 saturated carbocycles. The van der Waals surface area contributed by atoms with E-state index < -0.39 is 0 Å². The highest BCUT2D eigenvalue weighted by atomic mass is 35.5. The molecule has 2 aromatic rings. The third-order valence-corrected chi connectivity index (χ3v) is 2.91. The van der Waals surface area contributed by atoms with Gasteiger partial charge in [-0.15, -0.1) is 11.6 Å². The molecular weight excluding hydrogens is 252 g/mol. The van der Waals surface area contributed by atoms with Crippen LogP contribution in [0.1, 0.15) is 5.56 Å². The van der Waals surface area contributed by atoms with Crippen LogP contribution in [0.3, 0.4) is 0 Å². The predicted octanol–water partition coefficient (Wildman–Crippen LogP) is 2.73. The first kappa shape index (κ1) is 12.6. The molecule has 0 aliphatic rings. The van der Waals surface area contributed by atoms with Gasteiger partial charge in [0.15, 0.2) is 0 Å². The Balaban J connectivity index is 2.62. The van der Waals surface area contributed by atoms with E-state index >= 15 is 0 Å². The molecule has 0 aliphatic heterocycles. The number of hydrogen-bond donors (Lipinski definition) is 1. The van der Waals surface area contributed by atoms with Crippen LogP contribution in [0, 0.1) is 6.92 Å². The normalized spacial score (nSPS) is 10.4. The number of pyridine rings is 1. The molecule has 2 rings (SSSR count). The first-order valence-electron chi connectivity index (χ1n) is 5.45. The van der Waals surface area contributed by atoms with E-state index in [0.717, 1.165) is 16.5 Å². The van der Waals surface area contributed by atoms with E-state index in [0.29, 0.717) is 11.4 Å². The van der Waals surface area contributed by atoms with E-state index in [2.05, 4.69) is 10.3 Å². The molecule has 5 heteroatoms. The average Bonchev–Trinajstić information content (AvgIpc) is 2.39. The number of anilines is 1. The van der Waals surface area contributed by atoms with Crippen molar-refractivity contribution in [1.29, 1.82) is 0 Å². The second kappa shape index (κ2) is 5.23. The first-order chi connectivity index (χ1) is 8.65. The van der Waals surface area contributed by atoms with Crippen molar-refractivity contribution in [3.63, 3.8) is 0 Å². The fraction of sp³-hybridized carbons (Fsp3) is 0.231. The van der Waals surface area contributed by atoms with Crippen molar-refractivity contribution in [2.24, 2.45) is 0 Å². The molecule has 0 radical (unpaired) electrons. The van der Waals surface area contributed by atoms with E-state index in [-0.39, 0.29) is 11.8 Å². The Hall–Kier alpha value is -1.81. The van der Waals surface area contributed by atoms with Gasteiger partial charge in [-0.25, -0.2) is 0 Å². The van der Waals surface area contributed by atoms with Crippen molar-refractivity contribution in [3.8, 4) is 5.75 Å². The maximum absolute atomic E-state index is 11.4. The molecule has 1 heterocycles. The Morgan fingerprint density at radius 1 is 1.50 bits per heavy atom. The highest BCUT2D eigenvalue weighted by Gasteiger charge is 2.10. The number of amides is 1. The number of rotatable bonds is 3. The van der Waals surface area contributed by atoms with Crippen LogP contribution in [0.2, 0.25) is 0 Å². The maximum atomic E-state index is 11.4. The molecular formula is C13H13ClN2O2. The van der Waals surface area contributed by atoms with Crippen LogP contribution in [0.5, 0.6) is 5.75 Å². The van der Waals surface area contributed by atoms with Crippen molar-refractivity contribution >= 4 is 34.1 Å². The van der Waals surface area contributed by atoms with Gasteiger partial charge in [0.05, 0.1) is 18.3 Å². The van der Waals surface area contributed by atoms with Gasteiger partial charge in [-0.05, 0) is 24.6 Å². The fourth-order valence-electron chi connectivity index (χ4n) is 1.76. The van der Waals surface area contributed by atoms with Crippen LogP contribution in [0.25, 0.3) is 10.9 Å². The summed E-state index contributed by atoms with van der Waals surface area (Å²) >= 11 is 5.49. The Labute approximate surface area is 110 Å². The maximum Gasteiger partial charge on any atom is 0.239 e. The lowest BCUT2D eigenvalue weighted by Gasteiger charge is -2.11. The molecule has 1 aromatic carbocycles. The van der Waals surface area contributed by atoms with E-state index in [1.54, 1.807) is 19.4 Å². The monoisotopic (exact) mass is 264 g/mol. The minimum Gasteiger partial charge on any atom is -0.497 e. The van der Waals surface area contributed by atoms with E-state index in [4.69, 9.17) is 16.3 Å². The second-order valence-corrected chi connectivity index (χ2v) is 4.15.